The van der Waals surface area contributed by atoms with Gasteiger partial charge in [-0.3, -0.25) is 0 Å². The number of hydrogen-bond donors (Lipinski definition) is 1. The number of nitrogens with zero attached hydrogens (tertiary/aromatic N) is 2. The topological polar surface area (TPSA) is 44.8 Å². The number of rotatable bonds is 6. The number of hydrogen-bond acceptors (Lipinski definition) is 3. The third-order valence-electron chi connectivity index (χ3n) is 3.79. The molecule has 0 aliphatic carbocycles. The van der Waals surface area contributed by atoms with Crippen molar-refractivity contribution in [2.75, 3.05) is 44.2 Å². The van der Waals surface area contributed by atoms with Gasteiger partial charge in [0.1, 0.15) is 0 Å². The van der Waals surface area contributed by atoms with E-state index in [2.05, 4.69) is 16.3 Å². The Morgan fingerprint density at radius 2 is 2.04 bits per heavy atom. The van der Waals surface area contributed by atoms with Crippen molar-refractivity contribution in [1.29, 1.82) is 0 Å². The molecule has 1 N–H and O–H groups in total. The van der Waals surface area contributed by atoms with Crippen LogP contribution >= 0.6 is 11.6 Å². The Hall–Kier alpha value is -1.46. The van der Waals surface area contributed by atoms with E-state index in [-0.39, 0.29) is 12.1 Å². The number of ether oxygens (including phenoxy) is 1. The van der Waals surface area contributed by atoms with Crippen LogP contribution in [0.1, 0.15) is 20.3 Å². The summed E-state index contributed by atoms with van der Waals surface area (Å²) in [6.07, 6.45) is 1.08. The molecule has 0 aromatic heterocycles. The fourth-order valence-corrected chi connectivity index (χ4v) is 2.72. The Bertz CT molecular complexity index is 502. The van der Waals surface area contributed by atoms with Gasteiger partial charge >= 0.3 is 6.03 Å². The first-order valence-corrected chi connectivity index (χ1v) is 8.59. The zero-order valence-electron chi connectivity index (χ0n) is 13.9. The lowest BCUT2D eigenvalue weighted by molar-refractivity contribution is 0.0771. The molecule has 1 fully saturated rings. The van der Waals surface area contributed by atoms with Gasteiger partial charge in [-0.25, -0.2) is 4.79 Å². The molecule has 0 atom stereocenters. The first kappa shape index (κ1) is 17.9. The summed E-state index contributed by atoms with van der Waals surface area (Å²) in [5.41, 5.74) is 1.11. The molecule has 0 spiro atoms. The highest BCUT2D eigenvalue weighted by Crippen LogP contribution is 2.20. The lowest BCUT2D eigenvalue weighted by atomic mass is 10.2. The van der Waals surface area contributed by atoms with E-state index in [4.69, 9.17) is 16.3 Å². The highest BCUT2D eigenvalue weighted by molar-refractivity contribution is 6.30. The second kappa shape index (κ2) is 8.99. The molecule has 5 nitrogen and oxygen atoms in total. The van der Waals surface area contributed by atoms with Crippen LogP contribution in [0.25, 0.3) is 0 Å². The lowest BCUT2D eigenvalue weighted by Gasteiger charge is -2.36. The van der Waals surface area contributed by atoms with E-state index in [0.29, 0.717) is 13.2 Å². The molecule has 0 saturated carbocycles. The van der Waals surface area contributed by atoms with E-state index in [1.165, 1.54) is 0 Å². The van der Waals surface area contributed by atoms with Gasteiger partial charge in [-0.2, -0.15) is 0 Å². The molecule has 1 aromatic rings. The molecule has 2 rings (SSSR count). The van der Waals surface area contributed by atoms with Gasteiger partial charge in [0.25, 0.3) is 0 Å². The van der Waals surface area contributed by atoms with Crippen molar-refractivity contribution in [1.82, 2.24) is 10.2 Å². The van der Waals surface area contributed by atoms with Crippen LogP contribution < -0.4 is 10.2 Å². The monoisotopic (exact) mass is 339 g/mol. The van der Waals surface area contributed by atoms with E-state index >= 15 is 0 Å². The molecule has 1 aliphatic heterocycles. The summed E-state index contributed by atoms with van der Waals surface area (Å²) in [5.74, 6) is 0. The molecule has 1 heterocycles. The third kappa shape index (κ3) is 5.92. The summed E-state index contributed by atoms with van der Waals surface area (Å²) in [5, 5.41) is 3.70. The molecular formula is C17H26ClN3O2. The molecule has 0 bridgehead atoms. The second-order valence-corrected chi connectivity index (χ2v) is 6.40. The van der Waals surface area contributed by atoms with Crippen molar-refractivity contribution in [2.45, 2.75) is 26.4 Å². The predicted molar refractivity (Wildman–Crippen MR) is 94.3 cm³/mol. The summed E-state index contributed by atoms with van der Waals surface area (Å²) in [6.45, 7) is 8.45. The maximum Gasteiger partial charge on any atom is 0.317 e. The van der Waals surface area contributed by atoms with Crippen LogP contribution in [0.4, 0.5) is 10.5 Å². The minimum absolute atomic E-state index is 0.0142. The first-order chi connectivity index (χ1) is 11.1. The molecule has 1 aliphatic rings. The van der Waals surface area contributed by atoms with Crippen molar-refractivity contribution < 1.29 is 9.53 Å². The maximum absolute atomic E-state index is 12.1. The summed E-state index contributed by atoms with van der Waals surface area (Å²) in [4.78, 5) is 16.2. The van der Waals surface area contributed by atoms with E-state index in [1.807, 2.05) is 36.9 Å². The normalized spacial score (nSPS) is 15.1. The van der Waals surface area contributed by atoms with Gasteiger partial charge in [0.15, 0.2) is 0 Å². The van der Waals surface area contributed by atoms with Gasteiger partial charge in [0.05, 0.1) is 6.10 Å². The molecule has 128 valence electrons. The minimum atomic E-state index is 0.0142. The molecule has 6 heteroatoms. The Kier molecular flexibility index (Phi) is 6.99. The smallest absolute Gasteiger partial charge is 0.317 e. The summed E-state index contributed by atoms with van der Waals surface area (Å²) in [6, 6.07) is 7.86. The van der Waals surface area contributed by atoms with Crippen molar-refractivity contribution in [3.8, 4) is 0 Å². The van der Waals surface area contributed by atoms with Gasteiger partial charge in [-0.05, 0) is 38.5 Å². The third-order valence-corrected chi connectivity index (χ3v) is 4.02. The van der Waals surface area contributed by atoms with Gasteiger partial charge in [0.2, 0.25) is 0 Å². The summed E-state index contributed by atoms with van der Waals surface area (Å²) in [7, 11) is 0. The average Bonchev–Trinajstić information content (AvgIpc) is 2.54. The minimum Gasteiger partial charge on any atom is -0.379 e. The number of piperazine rings is 1. The Morgan fingerprint density at radius 1 is 1.30 bits per heavy atom. The van der Waals surface area contributed by atoms with Gasteiger partial charge < -0.3 is 19.9 Å². The van der Waals surface area contributed by atoms with Gasteiger partial charge in [0, 0.05) is 50.0 Å². The molecular weight excluding hydrogens is 314 g/mol. The van der Waals surface area contributed by atoms with E-state index in [1.54, 1.807) is 0 Å². The maximum atomic E-state index is 12.1. The SMILES string of the molecule is CC(C)OCCCNC(=O)N1CCN(c2cccc(Cl)c2)CC1. The number of benzene rings is 1. The molecule has 0 unspecified atom stereocenters. The number of carbonyl (C=O) groups is 1. The molecule has 23 heavy (non-hydrogen) atoms. The van der Waals surface area contributed by atoms with Crippen molar-refractivity contribution in [2.24, 2.45) is 0 Å². The molecule has 1 aromatic carbocycles. The van der Waals surface area contributed by atoms with Crippen LogP contribution in [0.2, 0.25) is 5.02 Å². The van der Waals surface area contributed by atoms with E-state index < -0.39 is 0 Å². The van der Waals surface area contributed by atoms with Gasteiger partial charge in [-0.1, -0.05) is 17.7 Å². The fourth-order valence-electron chi connectivity index (χ4n) is 2.54. The molecule has 0 radical (unpaired) electrons. The number of carbonyl (C=O) groups excluding carboxylic acids is 1. The van der Waals surface area contributed by atoms with Crippen molar-refractivity contribution >= 4 is 23.3 Å². The van der Waals surface area contributed by atoms with Crippen molar-refractivity contribution in [3.05, 3.63) is 29.3 Å². The zero-order valence-corrected chi connectivity index (χ0v) is 14.7. The van der Waals surface area contributed by atoms with Crippen molar-refractivity contribution in [3.63, 3.8) is 0 Å². The Balaban J connectivity index is 1.68. The largest absolute Gasteiger partial charge is 0.379 e. The first-order valence-electron chi connectivity index (χ1n) is 8.21. The zero-order chi connectivity index (χ0) is 16.7. The van der Waals surface area contributed by atoms with Gasteiger partial charge in [-0.15, -0.1) is 0 Å². The number of halogens is 1. The number of anilines is 1. The number of amides is 2. The van der Waals surface area contributed by atoms with E-state index in [0.717, 1.165) is 43.3 Å². The highest BCUT2D eigenvalue weighted by atomic mass is 35.5. The molecule has 2 amide bonds. The van der Waals surface area contributed by atoms with Crippen LogP contribution in [0, 0.1) is 0 Å². The summed E-state index contributed by atoms with van der Waals surface area (Å²) < 4.78 is 5.46. The number of urea groups is 1. The van der Waals surface area contributed by atoms with Crippen LogP contribution in [0.3, 0.4) is 0 Å². The lowest BCUT2D eigenvalue weighted by Crippen LogP contribution is -2.52. The van der Waals surface area contributed by atoms with Crippen LogP contribution in [0.5, 0.6) is 0 Å². The van der Waals surface area contributed by atoms with E-state index in [9.17, 15) is 4.79 Å². The fraction of sp³-hybridized carbons (Fsp3) is 0.588. The molecule has 1 saturated heterocycles. The highest BCUT2D eigenvalue weighted by Gasteiger charge is 2.20. The number of nitrogens with one attached hydrogen (secondary N) is 1. The quantitative estimate of drug-likeness (QED) is 0.810. The predicted octanol–water partition coefficient (Wildman–Crippen LogP) is 2.99. The second-order valence-electron chi connectivity index (χ2n) is 5.96. The Labute approximate surface area is 143 Å². The standard InChI is InChI=1S/C17H26ClN3O2/c1-14(2)23-12-4-7-19-17(22)21-10-8-20(9-11-21)16-6-3-5-15(18)13-16/h3,5-6,13-14H,4,7-12H2,1-2H3,(H,19,22). The van der Waals surface area contributed by atoms with Crippen LogP contribution in [-0.2, 0) is 4.74 Å². The van der Waals surface area contributed by atoms with Crippen LogP contribution in [0.15, 0.2) is 24.3 Å². The average molecular weight is 340 g/mol. The van der Waals surface area contributed by atoms with Crippen LogP contribution in [-0.4, -0.2) is 56.4 Å². The summed E-state index contributed by atoms with van der Waals surface area (Å²) >= 11 is 6.03. The Morgan fingerprint density at radius 3 is 2.70 bits per heavy atom.